The maximum Gasteiger partial charge on any atom is 0.251 e. The van der Waals surface area contributed by atoms with Crippen molar-refractivity contribution in [2.45, 2.75) is 19.9 Å². The number of hydrogen-bond donors (Lipinski definition) is 1. The molecule has 0 bridgehead atoms. The second-order valence-electron chi connectivity index (χ2n) is 4.33. The molecule has 88 valence electrons. The van der Waals surface area contributed by atoms with Gasteiger partial charge in [-0.2, -0.15) is 0 Å². The average molecular weight is 292 g/mol. The Labute approximate surface area is 109 Å². The van der Waals surface area contributed by atoms with E-state index in [0.717, 1.165) is 15.2 Å². The first-order valence-corrected chi connectivity index (χ1v) is 6.36. The third-order valence-electron chi connectivity index (χ3n) is 2.48. The molecule has 0 saturated carbocycles. The molecule has 0 aliphatic rings. The van der Waals surface area contributed by atoms with Gasteiger partial charge in [0.1, 0.15) is 0 Å². The van der Waals surface area contributed by atoms with Crippen LogP contribution in [0.4, 0.5) is 0 Å². The van der Waals surface area contributed by atoms with E-state index in [2.05, 4.69) is 21.2 Å². The molecule has 1 N–H and O–H groups in total. The number of fused-ring (bicyclic) bond motifs is 1. The van der Waals surface area contributed by atoms with E-state index < -0.39 is 0 Å². The minimum Gasteiger partial charge on any atom is -0.350 e. The molecule has 0 unspecified atom stereocenters. The second kappa shape index (κ2) is 4.88. The topological polar surface area (TPSA) is 29.1 Å². The Hall–Kier alpha value is -1.35. The highest BCUT2D eigenvalue weighted by Gasteiger charge is 2.07. The van der Waals surface area contributed by atoms with Crippen molar-refractivity contribution in [2.24, 2.45) is 0 Å². The third kappa shape index (κ3) is 2.86. The van der Waals surface area contributed by atoms with Crippen molar-refractivity contribution < 1.29 is 4.79 Å². The first-order chi connectivity index (χ1) is 8.06. The quantitative estimate of drug-likeness (QED) is 0.897. The summed E-state index contributed by atoms with van der Waals surface area (Å²) in [4.78, 5) is 11.8. The number of amides is 1. The minimum absolute atomic E-state index is 0.0233. The Kier molecular flexibility index (Phi) is 3.48. The van der Waals surface area contributed by atoms with Crippen LogP contribution in [0, 0.1) is 0 Å². The van der Waals surface area contributed by atoms with Gasteiger partial charge in [0.2, 0.25) is 0 Å². The van der Waals surface area contributed by atoms with E-state index in [0.29, 0.717) is 5.56 Å². The van der Waals surface area contributed by atoms with Crippen molar-refractivity contribution in [3.05, 3.63) is 46.4 Å². The minimum atomic E-state index is -0.0233. The number of carbonyl (C=O) groups is 1. The van der Waals surface area contributed by atoms with Crippen LogP contribution >= 0.6 is 15.9 Å². The summed E-state index contributed by atoms with van der Waals surface area (Å²) < 4.78 is 1.05. The highest BCUT2D eigenvalue weighted by molar-refractivity contribution is 9.10. The summed E-state index contributed by atoms with van der Waals surface area (Å²) in [6, 6.07) is 11.9. The summed E-state index contributed by atoms with van der Waals surface area (Å²) >= 11 is 3.43. The normalized spacial score (nSPS) is 10.8. The summed E-state index contributed by atoms with van der Waals surface area (Å²) in [5.74, 6) is -0.0233. The number of halogens is 1. The van der Waals surface area contributed by atoms with Crippen molar-refractivity contribution in [2.75, 3.05) is 0 Å². The van der Waals surface area contributed by atoms with Crippen LogP contribution in [0.3, 0.4) is 0 Å². The number of nitrogens with one attached hydrogen (secondary N) is 1. The Morgan fingerprint density at radius 3 is 2.47 bits per heavy atom. The smallest absolute Gasteiger partial charge is 0.251 e. The zero-order valence-electron chi connectivity index (χ0n) is 9.83. The predicted octanol–water partition coefficient (Wildman–Crippen LogP) is 3.74. The Morgan fingerprint density at radius 2 is 1.76 bits per heavy atom. The molecule has 0 spiro atoms. The SMILES string of the molecule is CC(C)NC(=O)c1ccc2cc(Br)ccc2c1. The molecular formula is C14H14BrNO. The van der Waals surface area contributed by atoms with Crippen molar-refractivity contribution in [3.63, 3.8) is 0 Å². The molecule has 0 fully saturated rings. The largest absolute Gasteiger partial charge is 0.350 e. The number of benzene rings is 2. The second-order valence-corrected chi connectivity index (χ2v) is 5.25. The molecule has 2 rings (SSSR count). The molecule has 2 aromatic carbocycles. The standard InChI is InChI=1S/C14H14BrNO/c1-9(2)16-14(17)12-4-3-11-8-13(15)6-5-10(11)7-12/h3-9H,1-2H3,(H,16,17). The molecule has 0 heterocycles. The van der Waals surface area contributed by atoms with Gasteiger partial charge in [0.15, 0.2) is 0 Å². The molecule has 0 radical (unpaired) electrons. The molecule has 17 heavy (non-hydrogen) atoms. The lowest BCUT2D eigenvalue weighted by Crippen LogP contribution is -2.29. The van der Waals surface area contributed by atoms with E-state index in [1.807, 2.05) is 50.2 Å². The fraction of sp³-hybridized carbons (Fsp3) is 0.214. The van der Waals surface area contributed by atoms with Crippen molar-refractivity contribution in [1.29, 1.82) is 0 Å². The number of carbonyl (C=O) groups excluding carboxylic acids is 1. The van der Waals surface area contributed by atoms with Gasteiger partial charge in [-0.3, -0.25) is 4.79 Å². The molecule has 3 heteroatoms. The van der Waals surface area contributed by atoms with Gasteiger partial charge in [0.25, 0.3) is 5.91 Å². The van der Waals surface area contributed by atoms with E-state index in [9.17, 15) is 4.79 Å². The maximum atomic E-state index is 11.8. The van der Waals surface area contributed by atoms with Crippen molar-refractivity contribution in [1.82, 2.24) is 5.32 Å². The fourth-order valence-electron chi connectivity index (χ4n) is 1.70. The lowest BCUT2D eigenvalue weighted by atomic mass is 10.1. The zero-order chi connectivity index (χ0) is 12.4. The van der Waals surface area contributed by atoms with E-state index >= 15 is 0 Å². The van der Waals surface area contributed by atoms with Gasteiger partial charge in [0.05, 0.1) is 0 Å². The van der Waals surface area contributed by atoms with Gasteiger partial charge in [-0.1, -0.05) is 28.1 Å². The van der Waals surface area contributed by atoms with Gasteiger partial charge in [-0.25, -0.2) is 0 Å². The summed E-state index contributed by atoms with van der Waals surface area (Å²) in [6.45, 7) is 3.91. The lowest BCUT2D eigenvalue weighted by Gasteiger charge is -2.09. The molecule has 0 saturated heterocycles. The van der Waals surface area contributed by atoms with Crippen LogP contribution in [-0.4, -0.2) is 11.9 Å². The zero-order valence-corrected chi connectivity index (χ0v) is 11.4. The molecule has 0 aliphatic carbocycles. The summed E-state index contributed by atoms with van der Waals surface area (Å²) in [5.41, 5.74) is 0.702. The molecular weight excluding hydrogens is 278 g/mol. The Morgan fingerprint density at radius 1 is 1.12 bits per heavy atom. The van der Waals surface area contributed by atoms with Crippen LogP contribution in [0.25, 0.3) is 10.8 Å². The van der Waals surface area contributed by atoms with Gasteiger partial charge < -0.3 is 5.32 Å². The van der Waals surface area contributed by atoms with E-state index in [1.165, 1.54) is 0 Å². The summed E-state index contributed by atoms with van der Waals surface area (Å²) in [5, 5.41) is 5.09. The predicted molar refractivity (Wildman–Crippen MR) is 74.3 cm³/mol. The number of rotatable bonds is 2. The van der Waals surface area contributed by atoms with Crippen LogP contribution in [0.1, 0.15) is 24.2 Å². The third-order valence-corrected chi connectivity index (χ3v) is 2.98. The maximum absolute atomic E-state index is 11.8. The Bertz CT molecular complexity index is 563. The first-order valence-electron chi connectivity index (χ1n) is 5.56. The van der Waals surface area contributed by atoms with E-state index in [1.54, 1.807) is 0 Å². The molecule has 2 aromatic rings. The van der Waals surface area contributed by atoms with Gasteiger partial charge in [0, 0.05) is 16.1 Å². The van der Waals surface area contributed by atoms with Crippen LogP contribution in [-0.2, 0) is 0 Å². The van der Waals surface area contributed by atoms with Crippen LogP contribution in [0.2, 0.25) is 0 Å². The highest BCUT2D eigenvalue weighted by atomic mass is 79.9. The van der Waals surface area contributed by atoms with Crippen LogP contribution in [0.5, 0.6) is 0 Å². The van der Waals surface area contributed by atoms with Crippen molar-refractivity contribution in [3.8, 4) is 0 Å². The van der Waals surface area contributed by atoms with Gasteiger partial charge in [-0.05, 0) is 48.9 Å². The van der Waals surface area contributed by atoms with Gasteiger partial charge in [-0.15, -0.1) is 0 Å². The monoisotopic (exact) mass is 291 g/mol. The fourth-order valence-corrected chi connectivity index (χ4v) is 2.08. The first kappa shape index (κ1) is 12.1. The lowest BCUT2D eigenvalue weighted by molar-refractivity contribution is 0.0943. The molecule has 1 amide bonds. The molecule has 0 aliphatic heterocycles. The summed E-state index contributed by atoms with van der Waals surface area (Å²) in [7, 11) is 0. The summed E-state index contributed by atoms with van der Waals surface area (Å²) in [6.07, 6.45) is 0. The highest BCUT2D eigenvalue weighted by Crippen LogP contribution is 2.20. The van der Waals surface area contributed by atoms with Crippen LogP contribution in [0.15, 0.2) is 40.9 Å². The van der Waals surface area contributed by atoms with Crippen molar-refractivity contribution >= 4 is 32.6 Å². The molecule has 0 aromatic heterocycles. The van der Waals surface area contributed by atoms with E-state index in [4.69, 9.17) is 0 Å². The molecule has 0 atom stereocenters. The molecule has 2 nitrogen and oxygen atoms in total. The Balaban J connectivity index is 2.38. The number of hydrogen-bond acceptors (Lipinski definition) is 1. The average Bonchev–Trinajstić information content (AvgIpc) is 2.27. The van der Waals surface area contributed by atoms with E-state index in [-0.39, 0.29) is 11.9 Å². The van der Waals surface area contributed by atoms with Crippen LogP contribution < -0.4 is 5.32 Å². The van der Waals surface area contributed by atoms with Gasteiger partial charge >= 0.3 is 0 Å².